The second-order valence-corrected chi connectivity index (χ2v) is 8.76. The van der Waals surface area contributed by atoms with E-state index in [0.717, 1.165) is 24.5 Å². The van der Waals surface area contributed by atoms with Crippen LogP contribution in [-0.4, -0.2) is 44.5 Å². The maximum Gasteiger partial charge on any atom is 0.322 e. The molecule has 2 aromatic rings. The van der Waals surface area contributed by atoms with Crippen molar-refractivity contribution >= 4 is 24.3 Å². The van der Waals surface area contributed by atoms with Gasteiger partial charge in [0.25, 0.3) is 0 Å². The Morgan fingerprint density at radius 3 is 2.67 bits per heavy atom. The van der Waals surface area contributed by atoms with Crippen LogP contribution in [0.3, 0.4) is 0 Å². The summed E-state index contributed by atoms with van der Waals surface area (Å²) in [6, 6.07) is 6.85. The third kappa shape index (κ3) is 4.16. The van der Waals surface area contributed by atoms with Crippen LogP contribution < -0.4 is 10.1 Å². The molecule has 3 atom stereocenters. The molecule has 7 nitrogen and oxygen atoms in total. The van der Waals surface area contributed by atoms with Crippen LogP contribution in [0.1, 0.15) is 33.2 Å². The fraction of sp³-hybridized carbons (Fsp3) is 0.476. The molecular formula is C21H27FN6OS. The molecule has 3 aliphatic rings. The standard InChI is InChI=1S/C21H27FN6OS/c1-12(2)28-21(29-17-7-5-4-6-16(17)22)25-20(26-28)24-19-14-9-15(19)11-27(10-14)18(30)8-13(3)23/h4-8,12,14-15,19,23,30H,9-11H2,1-3H3,(H,24,26)/b18-8-,23-13?/t14-,15?,19-/m0/s1. The van der Waals surface area contributed by atoms with Crippen molar-refractivity contribution in [3.05, 3.63) is 41.2 Å². The number of piperidine rings is 2. The number of benzene rings is 1. The van der Waals surface area contributed by atoms with Crippen LogP contribution >= 0.6 is 12.6 Å². The van der Waals surface area contributed by atoms with Crippen molar-refractivity contribution in [1.82, 2.24) is 19.7 Å². The normalized spacial score (nSPS) is 23.3. The number of rotatable bonds is 7. The third-order valence-corrected chi connectivity index (χ3v) is 6.04. The number of aromatic nitrogens is 3. The number of nitrogens with zero attached hydrogens (tertiary/aromatic N) is 4. The minimum Gasteiger partial charge on any atom is -0.421 e. The molecule has 1 saturated carbocycles. The van der Waals surface area contributed by atoms with Gasteiger partial charge in [-0.15, -0.1) is 17.7 Å². The second kappa shape index (κ2) is 8.29. The second-order valence-electron chi connectivity index (χ2n) is 8.31. The number of anilines is 1. The van der Waals surface area contributed by atoms with E-state index < -0.39 is 5.82 Å². The Hall–Kier alpha value is -2.55. The predicted molar refractivity (Wildman–Crippen MR) is 118 cm³/mol. The molecule has 2 bridgehead atoms. The first kappa shape index (κ1) is 20.7. The van der Waals surface area contributed by atoms with E-state index in [-0.39, 0.29) is 23.8 Å². The quantitative estimate of drug-likeness (QED) is 0.450. The van der Waals surface area contributed by atoms with Crippen LogP contribution in [0.5, 0.6) is 11.8 Å². The molecule has 9 heteroatoms. The molecule has 0 radical (unpaired) electrons. The highest BCUT2D eigenvalue weighted by atomic mass is 32.1. The summed E-state index contributed by atoms with van der Waals surface area (Å²) in [5, 5.41) is 16.5. The Morgan fingerprint density at radius 1 is 1.33 bits per heavy atom. The third-order valence-electron chi connectivity index (χ3n) is 5.62. The van der Waals surface area contributed by atoms with Crippen molar-refractivity contribution in [2.45, 2.75) is 39.3 Å². The molecule has 160 valence electrons. The summed E-state index contributed by atoms with van der Waals surface area (Å²) in [5.74, 6) is 1.12. The highest BCUT2D eigenvalue weighted by molar-refractivity contribution is 7.84. The maximum absolute atomic E-state index is 14.0. The lowest BCUT2D eigenvalue weighted by molar-refractivity contribution is 0.0362. The topological polar surface area (TPSA) is 79.1 Å². The summed E-state index contributed by atoms with van der Waals surface area (Å²) < 4.78 is 21.4. The minimum atomic E-state index is -0.435. The fourth-order valence-corrected chi connectivity index (χ4v) is 4.50. The Morgan fingerprint density at radius 2 is 2.03 bits per heavy atom. The first-order valence-electron chi connectivity index (χ1n) is 10.2. The van der Waals surface area contributed by atoms with E-state index in [1.165, 1.54) is 6.07 Å². The van der Waals surface area contributed by atoms with Crippen molar-refractivity contribution in [2.75, 3.05) is 18.4 Å². The van der Waals surface area contributed by atoms with E-state index in [4.69, 9.17) is 10.1 Å². The molecule has 1 aromatic heterocycles. The number of para-hydroxylation sites is 1. The van der Waals surface area contributed by atoms with E-state index >= 15 is 0 Å². The molecule has 2 N–H and O–H groups in total. The van der Waals surface area contributed by atoms with Gasteiger partial charge >= 0.3 is 6.01 Å². The number of fused-ring (bicyclic) bond motifs is 2. The molecule has 3 heterocycles. The van der Waals surface area contributed by atoms with Gasteiger partial charge in [0.1, 0.15) is 0 Å². The number of hydrogen-bond acceptors (Lipinski definition) is 7. The number of nitrogens with one attached hydrogen (secondary N) is 2. The van der Waals surface area contributed by atoms with Crippen molar-refractivity contribution < 1.29 is 9.13 Å². The largest absolute Gasteiger partial charge is 0.421 e. The first-order valence-corrected chi connectivity index (χ1v) is 10.6. The van der Waals surface area contributed by atoms with E-state index in [9.17, 15) is 4.39 Å². The van der Waals surface area contributed by atoms with Crippen LogP contribution in [0.15, 0.2) is 35.4 Å². The summed E-state index contributed by atoms with van der Waals surface area (Å²) in [4.78, 5) is 6.72. The molecule has 1 unspecified atom stereocenters. The molecule has 0 spiro atoms. The molecular weight excluding hydrogens is 403 g/mol. The molecule has 30 heavy (non-hydrogen) atoms. The minimum absolute atomic E-state index is 0.0208. The van der Waals surface area contributed by atoms with E-state index in [2.05, 4.69) is 32.9 Å². The molecule has 1 aromatic carbocycles. The maximum atomic E-state index is 14.0. The first-order chi connectivity index (χ1) is 14.3. The Balaban J connectivity index is 1.46. The van der Waals surface area contributed by atoms with Gasteiger partial charge in [-0.1, -0.05) is 12.1 Å². The van der Waals surface area contributed by atoms with Gasteiger partial charge in [-0.25, -0.2) is 9.07 Å². The summed E-state index contributed by atoms with van der Waals surface area (Å²) >= 11 is 4.55. The van der Waals surface area contributed by atoms with Crippen molar-refractivity contribution in [3.63, 3.8) is 0 Å². The molecule has 2 aliphatic heterocycles. The lowest BCUT2D eigenvalue weighted by Gasteiger charge is -2.54. The summed E-state index contributed by atoms with van der Waals surface area (Å²) in [5.41, 5.74) is 0.500. The zero-order valence-electron chi connectivity index (χ0n) is 17.3. The Labute approximate surface area is 181 Å². The number of ether oxygens (including phenoxy) is 1. The molecule has 3 fully saturated rings. The number of halogens is 1. The van der Waals surface area contributed by atoms with Gasteiger partial charge in [0.15, 0.2) is 11.6 Å². The summed E-state index contributed by atoms with van der Waals surface area (Å²) in [6.07, 6.45) is 2.94. The average molecular weight is 431 g/mol. The fourth-order valence-electron chi connectivity index (χ4n) is 4.15. The SMILES string of the molecule is CC(=N)/C=C(\S)N1CC2C[C@@H](C1)[C@@H]2Nc1nc(Oc2ccccc2F)n(C(C)C)n1. The number of hydrogen-bond donors (Lipinski definition) is 3. The lowest BCUT2D eigenvalue weighted by Crippen LogP contribution is -2.60. The van der Waals surface area contributed by atoms with Gasteiger partial charge < -0.3 is 20.4 Å². The van der Waals surface area contributed by atoms with Crippen LogP contribution in [-0.2, 0) is 0 Å². The van der Waals surface area contributed by atoms with Gasteiger partial charge in [0, 0.05) is 24.8 Å². The van der Waals surface area contributed by atoms with Crippen LogP contribution in [0.25, 0.3) is 0 Å². The van der Waals surface area contributed by atoms with Crippen molar-refractivity contribution in [2.24, 2.45) is 11.8 Å². The summed E-state index contributed by atoms with van der Waals surface area (Å²) in [7, 11) is 0. The van der Waals surface area contributed by atoms with E-state index in [1.807, 2.05) is 13.8 Å². The van der Waals surface area contributed by atoms with Crippen molar-refractivity contribution in [1.29, 1.82) is 5.41 Å². The average Bonchev–Trinajstić information content (AvgIpc) is 3.10. The highest BCUT2D eigenvalue weighted by Crippen LogP contribution is 2.43. The Kier molecular flexibility index (Phi) is 5.73. The van der Waals surface area contributed by atoms with Gasteiger partial charge in [0.2, 0.25) is 5.95 Å². The lowest BCUT2D eigenvalue weighted by atomic mass is 9.66. The van der Waals surface area contributed by atoms with Gasteiger partial charge in [-0.05, 0) is 57.2 Å². The zero-order chi connectivity index (χ0) is 21.4. The number of allylic oxidation sites excluding steroid dienone is 1. The predicted octanol–water partition coefficient (Wildman–Crippen LogP) is 4.33. The van der Waals surface area contributed by atoms with Crippen LogP contribution in [0.2, 0.25) is 0 Å². The number of thiol groups is 1. The molecule has 0 amide bonds. The van der Waals surface area contributed by atoms with E-state index in [1.54, 1.807) is 35.9 Å². The smallest absolute Gasteiger partial charge is 0.322 e. The van der Waals surface area contributed by atoms with E-state index in [0.29, 0.717) is 23.5 Å². The van der Waals surface area contributed by atoms with Crippen LogP contribution in [0.4, 0.5) is 10.3 Å². The molecule has 2 saturated heterocycles. The highest BCUT2D eigenvalue weighted by Gasteiger charge is 2.47. The summed E-state index contributed by atoms with van der Waals surface area (Å²) in [6.45, 7) is 7.49. The van der Waals surface area contributed by atoms with Gasteiger partial charge in [-0.2, -0.15) is 4.98 Å². The Bertz CT molecular complexity index is 962. The van der Waals surface area contributed by atoms with Gasteiger partial charge in [-0.3, -0.25) is 0 Å². The monoisotopic (exact) mass is 430 g/mol. The molecule has 1 aliphatic carbocycles. The van der Waals surface area contributed by atoms with Gasteiger partial charge in [0.05, 0.1) is 11.1 Å². The van der Waals surface area contributed by atoms with Crippen molar-refractivity contribution in [3.8, 4) is 11.8 Å². The zero-order valence-corrected chi connectivity index (χ0v) is 18.2. The van der Waals surface area contributed by atoms with Crippen LogP contribution in [0, 0.1) is 23.1 Å². The molecule has 5 rings (SSSR count).